The van der Waals surface area contributed by atoms with E-state index in [1.165, 1.54) is 6.20 Å². The van der Waals surface area contributed by atoms with Gasteiger partial charge >= 0.3 is 0 Å². The lowest BCUT2D eigenvalue weighted by Crippen LogP contribution is -2.43. The van der Waals surface area contributed by atoms with Crippen molar-refractivity contribution in [3.8, 4) is 0 Å². The number of anilines is 1. The molecular weight excluding hydrogens is 230 g/mol. The Morgan fingerprint density at radius 3 is 2.78 bits per heavy atom. The Bertz CT molecular complexity index is 415. The molecule has 6 heteroatoms. The fourth-order valence-electron chi connectivity index (χ4n) is 2.01. The van der Waals surface area contributed by atoms with Crippen LogP contribution < -0.4 is 10.6 Å². The summed E-state index contributed by atoms with van der Waals surface area (Å²) in [5.74, 6) is 0.459. The molecule has 1 aromatic rings. The highest BCUT2D eigenvalue weighted by molar-refractivity contribution is 5.92. The van der Waals surface area contributed by atoms with E-state index in [-0.39, 0.29) is 11.9 Å². The molecule has 1 amide bonds. The van der Waals surface area contributed by atoms with Crippen LogP contribution in [0, 0.1) is 0 Å². The van der Waals surface area contributed by atoms with Crippen LogP contribution in [0.2, 0.25) is 0 Å². The SMILES string of the molecule is CNc1cncc(C(=O)NC2CCN(C)CC2)n1. The van der Waals surface area contributed by atoms with E-state index in [0.29, 0.717) is 11.5 Å². The van der Waals surface area contributed by atoms with Gasteiger partial charge in [0.2, 0.25) is 0 Å². The van der Waals surface area contributed by atoms with Crippen molar-refractivity contribution in [3.63, 3.8) is 0 Å². The molecule has 0 aliphatic carbocycles. The molecule has 1 saturated heterocycles. The van der Waals surface area contributed by atoms with Gasteiger partial charge in [0.1, 0.15) is 11.5 Å². The smallest absolute Gasteiger partial charge is 0.271 e. The number of rotatable bonds is 3. The van der Waals surface area contributed by atoms with Gasteiger partial charge in [-0.15, -0.1) is 0 Å². The molecular formula is C12H19N5O. The Balaban J connectivity index is 1.94. The molecule has 2 rings (SSSR count). The van der Waals surface area contributed by atoms with Crippen LogP contribution in [-0.4, -0.2) is 54.0 Å². The lowest BCUT2D eigenvalue weighted by Gasteiger charge is -2.29. The largest absolute Gasteiger partial charge is 0.372 e. The lowest BCUT2D eigenvalue weighted by molar-refractivity contribution is 0.0911. The number of hydrogen-bond acceptors (Lipinski definition) is 5. The molecule has 98 valence electrons. The molecule has 1 aromatic heterocycles. The van der Waals surface area contributed by atoms with Crippen LogP contribution in [0.1, 0.15) is 23.3 Å². The van der Waals surface area contributed by atoms with Crippen molar-refractivity contribution in [1.29, 1.82) is 0 Å². The lowest BCUT2D eigenvalue weighted by atomic mass is 10.1. The summed E-state index contributed by atoms with van der Waals surface area (Å²) < 4.78 is 0. The normalized spacial score (nSPS) is 17.4. The molecule has 0 atom stereocenters. The maximum atomic E-state index is 12.0. The molecule has 2 heterocycles. The highest BCUT2D eigenvalue weighted by Crippen LogP contribution is 2.09. The Morgan fingerprint density at radius 1 is 1.39 bits per heavy atom. The number of aromatic nitrogens is 2. The zero-order chi connectivity index (χ0) is 13.0. The van der Waals surface area contributed by atoms with E-state index in [9.17, 15) is 4.79 Å². The molecule has 0 spiro atoms. The monoisotopic (exact) mass is 249 g/mol. The Hall–Kier alpha value is -1.69. The van der Waals surface area contributed by atoms with Crippen LogP contribution >= 0.6 is 0 Å². The first-order chi connectivity index (χ1) is 8.69. The minimum Gasteiger partial charge on any atom is -0.372 e. The summed E-state index contributed by atoms with van der Waals surface area (Å²) >= 11 is 0. The van der Waals surface area contributed by atoms with Gasteiger partial charge < -0.3 is 15.5 Å². The molecule has 2 N–H and O–H groups in total. The third-order valence-corrected chi connectivity index (χ3v) is 3.18. The van der Waals surface area contributed by atoms with E-state index >= 15 is 0 Å². The Kier molecular flexibility index (Phi) is 4.09. The van der Waals surface area contributed by atoms with Gasteiger partial charge in [-0.25, -0.2) is 4.98 Å². The predicted molar refractivity (Wildman–Crippen MR) is 69.6 cm³/mol. The second-order valence-corrected chi connectivity index (χ2v) is 4.59. The summed E-state index contributed by atoms with van der Waals surface area (Å²) in [6, 6.07) is 0.244. The first-order valence-corrected chi connectivity index (χ1v) is 6.18. The summed E-state index contributed by atoms with van der Waals surface area (Å²) in [6.45, 7) is 2.04. The van der Waals surface area contributed by atoms with Gasteiger partial charge in [0.15, 0.2) is 0 Å². The van der Waals surface area contributed by atoms with Crippen LogP contribution in [0.3, 0.4) is 0 Å². The summed E-state index contributed by atoms with van der Waals surface area (Å²) in [4.78, 5) is 22.4. The van der Waals surface area contributed by atoms with E-state index in [1.807, 2.05) is 0 Å². The fourth-order valence-corrected chi connectivity index (χ4v) is 2.01. The van der Waals surface area contributed by atoms with Gasteiger partial charge in [-0.1, -0.05) is 0 Å². The maximum absolute atomic E-state index is 12.0. The van der Waals surface area contributed by atoms with Crippen molar-refractivity contribution >= 4 is 11.7 Å². The quantitative estimate of drug-likeness (QED) is 0.808. The van der Waals surface area contributed by atoms with Crippen molar-refractivity contribution in [2.45, 2.75) is 18.9 Å². The molecule has 0 bridgehead atoms. The fraction of sp³-hybridized carbons (Fsp3) is 0.583. The average Bonchev–Trinajstić information content (AvgIpc) is 2.41. The van der Waals surface area contributed by atoms with Crippen LogP contribution in [0.15, 0.2) is 12.4 Å². The molecule has 1 aliphatic heterocycles. The molecule has 0 saturated carbocycles. The van der Waals surface area contributed by atoms with E-state index in [1.54, 1.807) is 13.2 Å². The van der Waals surface area contributed by atoms with Crippen molar-refractivity contribution in [1.82, 2.24) is 20.2 Å². The molecule has 0 aromatic carbocycles. The number of carbonyl (C=O) groups is 1. The molecule has 6 nitrogen and oxygen atoms in total. The molecule has 18 heavy (non-hydrogen) atoms. The molecule has 1 aliphatic rings. The summed E-state index contributed by atoms with van der Waals surface area (Å²) in [5.41, 5.74) is 0.362. The van der Waals surface area contributed by atoms with Crippen molar-refractivity contribution in [2.75, 3.05) is 32.5 Å². The summed E-state index contributed by atoms with van der Waals surface area (Å²) in [6.07, 6.45) is 5.06. The third-order valence-electron chi connectivity index (χ3n) is 3.18. The van der Waals surface area contributed by atoms with Gasteiger partial charge in [0.25, 0.3) is 5.91 Å². The van der Waals surface area contributed by atoms with Crippen LogP contribution in [0.25, 0.3) is 0 Å². The Morgan fingerprint density at radius 2 is 2.11 bits per heavy atom. The van der Waals surface area contributed by atoms with E-state index in [0.717, 1.165) is 25.9 Å². The average molecular weight is 249 g/mol. The minimum atomic E-state index is -0.144. The first-order valence-electron chi connectivity index (χ1n) is 6.18. The maximum Gasteiger partial charge on any atom is 0.271 e. The van der Waals surface area contributed by atoms with Crippen molar-refractivity contribution < 1.29 is 4.79 Å². The number of nitrogens with one attached hydrogen (secondary N) is 2. The summed E-state index contributed by atoms with van der Waals surface area (Å²) in [5, 5.41) is 5.88. The van der Waals surface area contributed by atoms with Gasteiger partial charge in [0, 0.05) is 13.1 Å². The zero-order valence-corrected chi connectivity index (χ0v) is 10.8. The van der Waals surface area contributed by atoms with E-state index in [2.05, 4.69) is 32.5 Å². The highest BCUT2D eigenvalue weighted by atomic mass is 16.1. The third kappa shape index (κ3) is 3.16. The van der Waals surface area contributed by atoms with E-state index < -0.39 is 0 Å². The number of nitrogens with zero attached hydrogens (tertiary/aromatic N) is 3. The Labute approximate surface area is 107 Å². The van der Waals surface area contributed by atoms with Gasteiger partial charge in [0.05, 0.1) is 12.4 Å². The summed E-state index contributed by atoms with van der Waals surface area (Å²) in [7, 11) is 3.85. The second kappa shape index (κ2) is 5.77. The zero-order valence-electron chi connectivity index (χ0n) is 10.8. The van der Waals surface area contributed by atoms with Gasteiger partial charge in [-0.05, 0) is 33.0 Å². The van der Waals surface area contributed by atoms with Crippen molar-refractivity contribution in [3.05, 3.63) is 18.1 Å². The molecule has 1 fully saturated rings. The number of likely N-dealkylation sites (tertiary alicyclic amines) is 1. The molecule has 0 unspecified atom stereocenters. The van der Waals surface area contributed by atoms with Crippen LogP contribution in [0.4, 0.5) is 5.82 Å². The number of piperidine rings is 1. The van der Waals surface area contributed by atoms with Crippen LogP contribution in [0.5, 0.6) is 0 Å². The minimum absolute atomic E-state index is 0.144. The second-order valence-electron chi connectivity index (χ2n) is 4.59. The number of amides is 1. The topological polar surface area (TPSA) is 70.2 Å². The van der Waals surface area contributed by atoms with Crippen LogP contribution in [-0.2, 0) is 0 Å². The number of hydrogen-bond donors (Lipinski definition) is 2. The first kappa shape index (κ1) is 12.8. The van der Waals surface area contributed by atoms with Crippen molar-refractivity contribution in [2.24, 2.45) is 0 Å². The van der Waals surface area contributed by atoms with Gasteiger partial charge in [-0.2, -0.15) is 0 Å². The predicted octanol–water partition coefficient (Wildman–Crippen LogP) is 0.342. The molecule has 0 radical (unpaired) electrons. The van der Waals surface area contributed by atoms with E-state index in [4.69, 9.17) is 0 Å². The highest BCUT2D eigenvalue weighted by Gasteiger charge is 2.19. The standard InChI is InChI=1S/C12H19N5O/c1-13-11-8-14-7-10(16-11)12(18)15-9-3-5-17(2)6-4-9/h7-9H,3-6H2,1-2H3,(H,13,16)(H,15,18). The van der Waals surface area contributed by atoms with Gasteiger partial charge in [-0.3, -0.25) is 9.78 Å². The number of carbonyl (C=O) groups excluding carboxylic acids is 1.